The summed E-state index contributed by atoms with van der Waals surface area (Å²) >= 11 is 3.35. The molecule has 110 valence electrons. The van der Waals surface area contributed by atoms with Crippen LogP contribution in [0.2, 0.25) is 0 Å². The van der Waals surface area contributed by atoms with E-state index in [1.54, 1.807) is 19.3 Å². The summed E-state index contributed by atoms with van der Waals surface area (Å²) in [5, 5.41) is 0.566. The Kier molecular flexibility index (Phi) is 4.06. The van der Waals surface area contributed by atoms with Gasteiger partial charge in [0.05, 0.1) is 18.0 Å². The van der Waals surface area contributed by atoms with Gasteiger partial charge in [-0.15, -0.1) is 0 Å². The van der Waals surface area contributed by atoms with Crippen molar-refractivity contribution in [3.63, 3.8) is 0 Å². The molecule has 2 aromatic carbocycles. The molecule has 0 amide bonds. The molecule has 1 N–H and O–H groups in total. The Labute approximate surface area is 135 Å². The fraction of sp³-hybridized carbons (Fsp3) is 0.0588. The van der Waals surface area contributed by atoms with E-state index in [0.717, 1.165) is 15.8 Å². The number of nitrogens with zero attached hydrogens (tertiary/aromatic N) is 1. The van der Waals surface area contributed by atoms with Crippen molar-refractivity contribution in [2.75, 3.05) is 7.11 Å². The summed E-state index contributed by atoms with van der Waals surface area (Å²) in [6, 6.07) is 13.1. The third-order valence-electron chi connectivity index (χ3n) is 3.24. The molecule has 0 unspecified atom stereocenters. The van der Waals surface area contributed by atoms with Crippen molar-refractivity contribution in [3.8, 4) is 5.75 Å². The minimum atomic E-state index is -0.152. The second-order valence-corrected chi connectivity index (χ2v) is 5.63. The summed E-state index contributed by atoms with van der Waals surface area (Å²) in [4.78, 5) is 19.3. The van der Waals surface area contributed by atoms with Crippen LogP contribution in [-0.2, 0) is 0 Å². The van der Waals surface area contributed by atoms with Gasteiger partial charge < -0.3 is 9.72 Å². The van der Waals surface area contributed by atoms with Gasteiger partial charge in [-0.05, 0) is 42.0 Å². The van der Waals surface area contributed by atoms with Crippen LogP contribution >= 0.6 is 15.9 Å². The lowest BCUT2D eigenvalue weighted by Gasteiger charge is -2.01. The zero-order valence-electron chi connectivity index (χ0n) is 11.8. The molecule has 0 saturated carbocycles. The molecule has 0 radical (unpaired) electrons. The van der Waals surface area contributed by atoms with E-state index >= 15 is 0 Å². The highest BCUT2D eigenvalue weighted by Gasteiger charge is 2.02. The zero-order chi connectivity index (χ0) is 15.5. The molecule has 1 heterocycles. The normalized spacial score (nSPS) is 11.2. The Bertz CT molecular complexity index is 899. The van der Waals surface area contributed by atoms with E-state index in [-0.39, 0.29) is 5.56 Å². The molecule has 5 heteroatoms. The SMILES string of the molecule is COc1ccc(C=Cc2nc3ccc(Br)cc3c(=O)[nH]2)cc1. The fourth-order valence-corrected chi connectivity index (χ4v) is 2.46. The molecule has 22 heavy (non-hydrogen) atoms. The Morgan fingerprint density at radius 1 is 1.14 bits per heavy atom. The number of ether oxygens (including phenoxy) is 1. The largest absolute Gasteiger partial charge is 0.497 e. The van der Waals surface area contributed by atoms with Crippen LogP contribution in [0.3, 0.4) is 0 Å². The molecule has 0 spiro atoms. The van der Waals surface area contributed by atoms with Crippen molar-refractivity contribution in [1.82, 2.24) is 9.97 Å². The van der Waals surface area contributed by atoms with E-state index < -0.39 is 0 Å². The zero-order valence-corrected chi connectivity index (χ0v) is 13.4. The summed E-state index contributed by atoms with van der Waals surface area (Å²) in [7, 11) is 1.63. The Morgan fingerprint density at radius 2 is 1.91 bits per heavy atom. The first kappa shape index (κ1) is 14.5. The lowest BCUT2D eigenvalue weighted by atomic mass is 10.2. The van der Waals surface area contributed by atoms with Crippen molar-refractivity contribution in [3.05, 3.63) is 68.7 Å². The number of halogens is 1. The van der Waals surface area contributed by atoms with Gasteiger partial charge in [0, 0.05) is 4.47 Å². The quantitative estimate of drug-likeness (QED) is 0.774. The van der Waals surface area contributed by atoms with Gasteiger partial charge in [0.1, 0.15) is 11.6 Å². The topological polar surface area (TPSA) is 55.0 Å². The third-order valence-corrected chi connectivity index (χ3v) is 3.73. The molecule has 0 aliphatic rings. The first-order valence-electron chi connectivity index (χ1n) is 6.67. The van der Waals surface area contributed by atoms with Crippen molar-refractivity contribution < 1.29 is 4.74 Å². The molecule has 0 saturated heterocycles. The number of aromatic nitrogens is 2. The van der Waals surface area contributed by atoms with Crippen LogP contribution in [0.1, 0.15) is 11.4 Å². The van der Waals surface area contributed by atoms with Gasteiger partial charge in [-0.25, -0.2) is 4.98 Å². The molecule has 0 atom stereocenters. The number of fused-ring (bicyclic) bond motifs is 1. The van der Waals surface area contributed by atoms with Gasteiger partial charge >= 0.3 is 0 Å². The summed E-state index contributed by atoms with van der Waals surface area (Å²) in [5.41, 5.74) is 1.52. The third kappa shape index (κ3) is 3.09. The van der Waals surface area contributed by atoms with Crippen LogP contribution in [0, 0.1) is 0 Å². The van der Waals surface area contributed by atoms with Crippen LogP contribution in [0.25, 0.3) is 23.1 Å². The molecule has 1 aromatic heterocycles. The summed E-state index contributed by atoms with van der Waals surface area (Å²) < 4.78 is 5.97. The number of aromatic amines is 1. The van der Waals surface area contributed by atoms with Gasteiger partial charge in [-0.3, -0.25) is 4.79 Å². The monoisotopic (exact) mass is 356 g/mol. The van der Waals surface area contributed by atoms with Gasteiger partial charge in [-0.2, -0.15) is 0 Å². The highest BCUT2D eigenvalue weighted by atomic mass is 79.9. The van der Waals surface area contributed by atoms with Crippen LogP contribution < -0.4 is 10.3 Å². The maximum absolute atomic E-state index is 12.1. The average molecular weight is 357 g/mol. The van der Waals surface area contributed by atoms with E-state index in [1.807, 2.05) is 42.5 Å². The van der Waals surface area contributed by atoms with E-state index in [0.29, 0.717) is 16.7 Å². The summed E-state index contributed by atoms with van der Waals surface area (Å²) in [5.74, 6) is 1.33. The molecular formula is C17H13BrN2O2. The Morgan fingerprint density at radius 3 is 2.64 bits per heavy atom. The predicted octanol–water partition coefficient (Wildman–Crippen LogP) is 3.86. The fourth-order valence-electron chi connectivity index (χ4n) is 2.10. The first-order chi connectivity index (χ1) is 10.7. The van der Waals surface area contributed by atoms with Crippen LogP contribution in [0.4, 0.5) is 0 Å². The maximum Gasteiger partial charge on any atom is 0.259 e. The van der Waals surface area contributed by atoms with Crippen LogP contribution in [0.15, 0.2) is 51.7 Å². The standard InChI is InChI=1S/C17H13BrN2O2/c1-22-13-6-2-11(3-7-13)4-9-16-19-15-8-5-12(18)10-14(15)17(21)20-16/h2-10H,1H3,(H,19,20,21). The summed E-state index contributed by atoms with van der Waals surface area (Å²) in [6.45, 7) is 0. The Hall–Kier alpha value is -2.40. The number of rotatable bonds is 3. The van der Waals surface area contributed by atoms with Gasteiger partial charge in [-0.1, -0.05) is 34.1 Å². The molecule has 0 aliphatic carbocycles. The van der Waals surface area contributed by atoms with Crippen LogP contribution in [0.5, 0.6) is 5.75 Å². The van der Waals surface area contributed by atoms with Crippen LogP contribution in [-0.4, -0.2) is 17.1 Å². The number of methoxy groups -OCH3 is 1. The second-order valence-electron chi connectivity index (χ2n) is 4.72. The minimum Gasteiger partial charge on any atom is -0.497 e. The predicted molar refractivity (Wildman–Crippen MR) is 92.0 cm³/mol. The minimum absolute atomic E-state index is 0.152. The molecule has 3 rings (SSSR count). The van der Waals surface area contributed by atoms with Crippen molar-refractivity contribution in [2.45, 2.75) is 0 Å². The Balaban J connectivity index is 1.94. The number of hydrogen-bond acceptors (Lipinski definition) is 3. The van der Waals surface area contributed by atoms with Crippen molar-refractivity contribution >= 4 is 39.0 Å². The number of H-pyrrole nitrogens is 1. The van der Waals surface area contributed by atoms with E-state index in [2.05, 4.69) is 25.9 Å². The van der Waals surface area contributed by atoms with Crippen molar-refractivity contribution in [2.24, 2.45) is 0 Å². The highest BCUT2D eigenvalue weighted by molar-refractivity contribution is 9.10. The molecule has 3 aromatic rings. The molecular weight excluding hydrogens is 344 g/mol. The van der Waals surface area contributed by atoms with Gasteiger partial charge in [0.15, 0.2) is 0 Å². The number of nitrogens with one attached hydrogen (secondary N) is 1. The molecule has 0 fully saturated rings. The molecule has 4 nitrogen and oxygen atoms in total. The van der Waals surface area contributed by atoms with E-state index in [4.69, 9.17) is 4.74 Å². The lowest BCUT2D eigenvalue weighted by molar-refractivity contribution is 0.415. The second kappa shape index (κ2) is 6.15. The molecule has 0 aliphatic heterocycles. The lowest BCUT2D eigenvalue weighted by Crippen LogP contribution is -2.09. The molecule has 0 bridgehead atoms. The first-order valence-corrected chi connectivity index (χ1v) is 7.47. The average Bonchev–Trinajstić information content (AvgIpc) is 2.54. The van der Waals surface area contributed by atoms with E-state index in [1.165, 1.54) is 0 Å². The van der Waals surface area contributed by atoms with Gasteiger partial charge in [0.2, 0.25) is 0 Å². The highest BCUT2D eigenvalue weighted by Crippen LogP contribution is 2.16. The maximum atomic E-state index is 12.1. The summed E-state index contributed by atoms with van der Waals surface area (Å²) in [6.07, 6.45) is 3.67. The smallest absolute Gasteiger partial charge is 0.259 e. The van der Waals surface area contributed by atoms with E-state index in [9.17, 15) is 4.79 Å². The number of benzene rings is 2. The van der Waals surface area contributed by atoms with Gasteiger partial charge in [0.25, 0.3) is 5.56 Å². The van der Waals surface area contributed by atoms with Crippen molar-refractivity contribution in [1.29, 1.82) is 0 Å². The number of hydrogen-bond donors (Lipinski definition) is 1.